The van der Waals surface area contributed by atoms with Gasteiger partial charge in [-0.05, 0) is 55.1 Å². The first-order valence-electron chi connectivity index (χ1n) is 9.41. The summed E-state index contributed by atoms with van der Waals surface area (Å²) < 4.78 is 24.7. The molecule has 7 heteroatoms. The molecule has 2 aliphatic rings. The number of rotatable bonds is 3. The van der Waals surface area contributed by atoms with Gasteiger partial charge in [-0.1, -0.05) is 20.8 Å². The van der Waals surface area contributed by atoms with E-state index in [0.717, 1.165) is 17.7 Å². The highest BCUT2D eigenvalue weighted by Gasteiger charge is 2.31. The predicted molar refractivity (Wildman–Crippen MR) is 106 cm³/mol. The maximum Gasteiger partial charge on any atom is 0.261 e. The van der Waals surface area contributed by atoms with E-state index in [2.05, 4.69) is 32.2 Å². The van der Waals surface area contributed by atoms with Gasteiger partial charge in [-0.2, -0.15) is 0 Å². The van der Waals surface area contributed by atoms with Gasteiger partial charge in [0.15, 0.2) is 0 Å². The van der Waals surface area contributed by atoms with Crippen LogP contribution in [0.25, 0.3) is 0 Å². The first kappa shape index (κ1) is 19.8. The zero-order valence-corrected chi connectivity index (χ0v) is 17.8. The monoisotopic (exact) mass is 398 g/mol. The fourth-order valence-electron chi connectivity index (χ4n) is 3.96. The molecule has 0 bridgehead atoms. The minimum atomic E-state index is -3.13. The third-order valence-electron chi connectivity index (χ3n) is 5.79. The first-order chi connectivity index (χ1) is 12.0. The molecule has 1 aliphatic carbocycles. The van der Waals surface area contributed by atoms with Crippen LogP contribution in [0.1, 0.15) is 60.1 Å². The number of amides is 1. The third kappa shape index (κ3) is 4.49. The van der Waals surface area contributed by atoms with Gasteiger partial charge in [-0.15, -0.1) is 11.3 Å². The number of fused-ring (bicyclic) bond motifs is 1. The highest BCUT2D eigenvalue weighted by atomic mass is 32.2. The van der Waals surface area contributed by atoms with Crippen molar-refractivity contribution in [1.82, 2.24) is 9.62 Å². The van der Waals surface area contributed by atoms with Crippen molar-refractivity contribution in [3.8, 4) is 0 Å². The number of thiophene rings is 1. The van der Waals surface area contributed by atoms with Gasteiger partial charge in [0.1, 0.15) is 0 Å². The Morgan fingerprint density at radius 2 is 1.88 bits per heavy atom. The van der Waals surface area contributed by atoms with E-state index in [9.17, 15) is 13.2 Å². The van der Waals surface area contributed by atoms with Gasteiger partial charge in [-0.25, -0.2) is 12.7 Å². The van der Waals surface area contributed by atoms with Gasteiger partial charge in [0.05, 0.1) is 11.1 Å². The summed E-state index contributed by atoms with van der Waals surface area (Å²) in [6.07, 6.45) is 5.93. The summed E-state index contributed by atoms with van der Waals surface area (Å²) in [5.41, 5.74) is 1.65. The molecule has 0 radical (unpaired) electrons. The standard InChI is InChI=1S/C19H30N2O3S2/c1-19(2,3)14-5-6-16-13(11-14)12-17(25-16)18(22)20-15-7-9-21(10-8-15)26(4,23)24/h12,14-15H,5-11H2,1-4H3,(H,20,22). The predicted octanol–water partition coefficient (Wildman–Crippen LogP) is 3.05. The number of nitrogens with zero attached hydrogens (tertiary/aromatic N) is 1. The second kappa shape index (κ2) is 7.24. The molecule has 2 heterocycles. The van der Waals surface area contributed by atoms with Crippen molar-refractivity contribution in [2.45, 2.75) is 58.9 Å². The van der Waals surface area contributed by atoms with Crippen molar-refractivity contribution in [3.05, 3.63) is 21.4 Å². The number of carbonyl (C=O) groups is 1. The van der Waals surface area contributed by atoms with Crippen molar-refractivity contribution in [1.29, 1.82) is 0 Å². The molecule has 1 aliphatic heterocycles. The summed E-state index contributed by atoms with van der Waals surface area (Å²) in [6.45, 7) is 7.86. The van der Waals surface area contributed by atoms with Crippen LogP contribution in [0.2, 0.25) is 0 Å². The minimum Gasteiger partial charge on any atom is -0.349 e. The van der Waals surface area contributed by atoms with E-state index in [0.29, 0.717) is 37.3 Å². The van der Waals surface area contributed by atoms with Gasteiger partial charge in [0.25, 0.3) is 5.91 Å². The summed E-state index contributed by atoms with van der Waals surface area (Å²) in [5.74, 6) is 0.662. The van der Waals surface area contributed by atoms with E-state index in [-0.39, 0.29) is 11.9 Å². The van der Waals surface area contributed by atoms with Gasteiger partial charge >= 0.3 is 0 Å². The number of sulfonamides is 1. The van der Waals surface area contributed by atoms with Crippen LogP contribution in [0.15, 0.2) is 6.07 Å². The molecule has 1 aromatic rings. The van der Waals surface area contributed by atoms with Gasteiger partial charge in [-0.3, -0.25) is 4.79 Å². The Labute approximate surface area is 161 Å². The van der Waals surface area contributed by atoms with Crippen molar-refractivity contribution in [3.63, 3.8) is 0 Å². The second-order valence-corrected chi connectivity index (χ2v) is 11.9. The summed E-state index contributed by atoms with van der Waals surface area (Å²) in [5, 5.41) is 3.11. The number of carbonyl (C=O) groups excluding carboxylic acids is 1. The van der Waals surface area contributed by atoms with Gasteiger partial charge in [0, 0.05) is 24.0 Å². The molecule has 1 fully saturated rings. The van der Waals surface area contributed by atoms with Gasteiger partial charge < -0.3 is 5.32 Å². The molecule has 3 rings (SSSR count). The summed E-state index contributed by atoms with van der Waals surface area (Å²) in [7, 11) is -3.13. The largest absolute Gasteiger partial charge is 0.349 e. The zero-order chi connectivity index (χ0) is 19.1. The summed E-state index contributed by atoms with van der Waals surface area (Å²) in [6, 6.07) is 2.14. The number of hydrogen-bond donors (Lipinski definition) is 1. The lowest BCUT2D eigenvalue weighted by atomic mass is 9.72. The molecule has 1 atom stereocenters. The molecule has 1 aromatic heterocycles. The van der Waals surface area contributed by atoms with E-state index in [1.54, 1.807) is 11.3 Å². The SMILES string of the molecule is CC(C)(C)C1CCc2sc(C(=O)NC3CCN(S(C)(=O)=O)CC3)cc2C1. The van der Waals surface area contributed by atoms with Crippen LogP contribution < -0.4 is 5.32 Å². The van der Waals surface area contributed by atoms with Crippen LogP contribution in [0.3, 0.4) is 0 Å². The average Bonchev–Trinajstić information content (AvgIpc) is 2.97. The molecular formula is C19H30N2O3S2. The molecule has 26 heavy (non-hydrogen) atoms. The molecule has 5 nitrogen and oxygen atoms in total. The smallest absolute Gasteiger partial charge is 0.261 e. The first-order valence-corrected chi connectivity index (χ1v) is 12.1. The lowest BCUT2D eigenvalue weighted by molar-refractivity contribution is 0.0928. The van der Waals surface area contributed by atoms with Crippen LogP contribution in [0.4, 0.5) is 0 Å². The second-order valence-electron chi connectivity index (χ2n) is 8.77. The van der Waals surface area contributed by atoms with E-state index in [4.69, 9.17) is 0 Å². The highest BCUT2D eigenvalue weighted by Crippen LogP contribution is 2.40. The molecule has 0 spiro atoms. The van der Waals surface area contributed by atoms with E-state index < -0.39 is 10.0 Å². The maximum absolute atomic E-state index is 12.7. The van der Waals surface area contributed by atoms with Crippen molar-refractivity contribution < 1.29 is 13.2 Å². The van der Waals surface area contributed by atoms with Crippen LogP contribution in [0, 0.1) is 11.3 Å². The van der Waals surface area contributed by atoms with Crippen LogP contribution >= 0.6 is 11.3 Å². The lowest BCUT2D eigenvalue weighted by Gasteiger charge is -2.33. The zero-order valence-electron chi connectivity index (χ0n) is 16.2. The molecule has 1 saturated heterocycles. The number of piperidine rings is 1. The fraction of sp³-hybridized carbons (Fsp3) is 0.737. The molecular weight excluding hydrogens is 368 g/mol. The van der Waals surface area contributed by atoms with Crippen molar-refractivity contribution in [2.75, 3.05) is 19.3 Å². The third-order valence-corrected chi connectivity index (χ3v) is 8.33. The molecule has 1 unspecified atom stereocenters. The number of nitrogens with one attached hydrogen (secondary N) is 1. The van der Waals surface area contributed by atoms with Crippen molar-refractivity contribution >= 4 is 27.3 Å². The molecule has 1 N–H and O–H groups in total. The topological polar surface area (TPSA) is 66.5 Å². The molecule has 1 amide bonds. The summed E-state index contributed by atoms with van der Waals surface area (Å²) in [4.78, 5) is 14.8. The Kier molecular flexibility index (Phi) is 5.53. The highest BCUT2D eigenvalue weighted by molar-refractivity contribution is 7.88. The Bertz CT molecular complexity index is 769. The Morgan fingerprint density at radius 1 is 1.23 bits per heavy atom. The van der Waals surface area contributed by atoms with Gasteiger partial charge in [0.2, 0.25) is 10.0 Å². The Hall–Kier alpha value is -0.920. The summed E-state index contributed by atoms with van der Waals surface area (Å²) >= 11 is 1.63. The quantitative estimate of drug-likeness (QED) is 0.851. The molecule has 0 saturated carbocycles. The number of hydrogen-bond acceptors (Lipinski definition) is 4. The van der Waals surface area contributed by atoms with Crippen LogP contribution in [-0.2, 0) is 22.9 Å². The normalized spacial score (nSPS) is 22.8. The molecule has 146 valence electrons. The number of aryl methyl sites for hydroxylation is 1. The van der Waals surface area contributed by atoms with E-state index in [1.807, 2.05) is 0 Å². The maximum atomic E-state index is 12.7. The minimum absolute atomic E-state index is 0.00508. The average molecular weight is 399 g/mol. The van der Waals surface area contributed by atoms with Crippen LogP contribution in [0.5, 0.6) is 0 Å². The fourth-order valence-corrected chi connectivity index (χ4v) is 5.95. The lowest BCUT2D eigenvalue weighted by Crippen LogP contribution is -2.46. The Morgan fingerprint density at radius 3 is 2.46 bits per heavy atom. The van der Waals surface area contributed by atoms with E-state index in [1.165, 1.54) is 27.4 Å². The van der Waals surface area contributed by atoms with Crippen LogP contribution in [-0.4, -0.2) is 44.0 Å². The Balaban J connectivity index is 1.60. The molecule has 0 aromatic carbocycles. The van der Waals surface area contributed by atoms with Crippen molar-refractivity contribution in [2.24, 2.45) is 11.3 Å². The van der Waals surface area contributed by atoms with E-state index >= 15 is 0 Å².